The van der Waals surface area contributed by atoms with Gasteiger partial charge in [0.2, 0.25) is 0 Å². The number of pyridine rings is 1. The Hall–Kier alpha value is -1.46. The van der Waals surface area contributed by atoms with Crippen molar-refractivity contribution in [3.05, 3.63) is 29.6 Å². The molecule has 1 saturated heterocycles. The number of hydrogen-bond acceptors (Lipinski definition) is 4. The first-order valence-corrected chi connectivity index (χ1v) is 5.31. The smallest absolute Gasteiger partial charge is 0.250 e. The molecule has 1 aliphatic heterocycles. The highest BCUT2D eigenvalue weighted by molar-refractivity contribution is 5.93. The van der Waals surface area contributed by atoms with Crippen LogP contribution in [0.25, 0.3) is 0 Å². The van der Waals surface area contributed by atoms with Crippen molar-refractivity contribution < 1.29 is 9.53 Å². The Bertz CT molecular complexity index is 375. The molecular weight excluding hydrogens is 206 g/mol. The molecule has 0 saturated carbocycles. The van der Waals surface area contributed by atoms with Gasteiger partial charge in [-0.05, 0) is 12.1 Å². The van der Waals surface area contributed by atoms with Crippen LogP contribution in [0.3, 0.4) is 0 Å². The molecule has 0 radical (unpaired) electrons. The van der Waals surface area contributed by atoms with Crippen molar-refractivity contribution in [1.29, 1.82) is 0 Å². The number of aromatic nitrogens is 1. The zero-order chi connectivity index (χ0) is 11.4. The molecule has 1 aromatic heterocycles. The summed E-state index contributed by atoms with van der Waals surface area (Å²) in [6.07, 6.45) is 1.68. The lowest BCUT2D eigenvalue weighted by molar-refractivity contribution is 0.0335. The van der Waals surface area contributed by atoms with Crippen LogP contribution >= 0.6 is 0 Å². The molecule has 2 N–H and O–H groups in total. The van der Waals surface area contributed by atoms with Gasteiger partial charge < -0.3 is 10.5 Å². The van der Waals surface area contributed by atoms with E-state index in [0.29, 0.717) is 12.1 Å². The monoisotopic (exact) mass is 221 g/mol. The van der Waals surface area contributed by atoms with E-state index in [1.54, 1.807) is 18.3 Å². The van der Waals surface area contributed by atoms with E-state index in [4.69, 9.17) is 10.5 Å². The van der Waals surface area contributed by atoms with Crippen LogP contribution in [0.1, 0.15) is 16.1 Å². The normalized spacial score (nSPS) is 17.2. The molecule has 0 bridgehead atoms. The molecule has 5 heteroatoms. The molecule has 0 aromatic carbocycles. The van der Waals surface area contributed by atoms with Gasteiger partial charge in [-0.15, -0.1) is 0 Å². The molecule has 0 spiro atoms. The van der Waals surface area contributed by atoms with Gasteiger partial charge in [0.25, 0.3) is 5.91 Å². The number of carbonyl (C=O) groups is 1. The van der Waals surface area contributed by atoms with Gasteiger partial charge in [-0.3, -0.25) is 14.7 Å². The second-order valence-corrected chi connectivity index (χ2v) is 3.75. The van der Waals surface area contributed by atoms with Gasteiger partial charge in [-0.1, -0.05) is 0 Å². The van der Waals surface area contributed by atoms with Gasteiger partial charge in [0.05, 0.1) is 24.5 Å². The Labute approximate surface area is 94.2 Å². The summed E-state index contributed by atoms with van der Waals surface area (Å²) in [6.45, 7) is 3.86. The number of primary amides is 1. The van der Waals surface area contributed by atoms with Crippen molar-refractivity contribution in [1.82, 2.24) is 9.88 Å². The van der Waals surface area contributed by atoms with Crippen molar-refractivity contribution in [3.8, 4) is 0 Å². The first kappa shape index (κ1) is 11.0. The highest BCUT2D eigenvalue weighted by Gasteiger charge is 2.15. The van der Waals surface area contributed by atoms with Gasteiger partial charge in [0, 0.05) is 25.8 Å². The molecule has 16 heavy (non-hydrogen) atoms. The van der Waals surface area contributed by atoms with Crippen LogP contribution < -0.4 is 5.73 Å². The summed E-state index contributed by atoms with van der Waals surface area (Å²) in [5.74, 6) is -0.420. The maximum absolute atomic E-state index is 11.2. The zero-order valence-electron chi connectivity index (χ0n) is 9.06. The molecule has 86 valence electrons. The number of rotatable bonds is 3. The second-order valence-electron chi connectivity index (χ2n) is 3.75. The fraction of sp³-hybridized carbons (Fsp3) is 0.455. The number of hydrogen-bond donors (Lipinski definition) is 1. The van der Waals surface area contributed by atoms with Crippen molar-refractivity contribution in [2.24, 2.45) is 5.73 Å². The predicted octanol–water partition coefficient (Wildman–Crippen LogP) is 0.0127. The molecule has 1 fully saturated rings. The number of nitrogens with two attached hydrogens (primary N) is 1. The lowest BCUT2D eigenvalue weighted by Crippen LogP contribution is -2.36. The van der Waals surface area contributed by atoms with E-state index in [0.717, 1.165) is 32.0 Å². The summed E-state index contributed by atoms with van der Waals surface area (Å²) in [4.78, 5) is 17.6. The van der Waals surface area contributed by atoms with Crippen molar-refractivity contribution in [3.63, 3.8) is 0 Å². The molecule has 1 amide bonds. The van der Waals surface area contributed by atoms with Crippen LogP contribution in [0.5, 0.6) is 0 Å². The number of ether oxygens (including phenoxy) is 1. The topological polar surface area (TPSA) is 68.5 Å². The molecule has 1 aliphatic rings. The predicted molar refractivity (Wildman–Crippen MR) is 58.9 cm³/mol. The SMILES string of the molecule is NC(=O)c1cccnc1CN1CCOCC1. The van der Waals surface area contributed by atoms with Crippen molar-refractivity contribution in [2.75, 3.05) is 26.3 Å². The molecule has 1 aromatic rings. The minimum absolute atomic E-state index is 0.420. The molecule has 0 unspecified atom stereocenters. The van der Waals surface area contributed by atoms with Gasteiger partial charge in [-0.25, -0.2) is 0 Å². The van der Waals surface area contributed by atoms with E-state index in [9.17, 15) is 4.79 Å². The molecule has 0 atom stereocenters. The maximum Gasteiger partial charge on any atom is 0.250 e. The number of nitrogens with zero attached hydrogens (tertiary/aromatic N) is 2. The Morgan fingerprint density at radius 1 is 1.50 bits per heavy atom. The van der Waals surface area contributed by atoms with Gasteiger partial charge >= 0.3 is 0 Å². The molecule has 2 rings (SSSR count). The molecule has 0 aliphatic carbocycles. The van der Waals surface area contributed by atoms with Crippen LogP contribution in [0.15, 0.2) is 18.3 Å². The second kappa shape index (κ2) is 5.05. The van der Waals surface area contributed by atoms with E-state index in [1.165, 1.54) is 0 Å². The highest BCUT2D eigenvalue weighted by atomic mass is 16.5. The average molecular weight is 221 g/mol. The lowest BCUT2D eigenvalue weighted by Gasteiger charge is -2.26. The van der Waals surface area contributed by atoms with Gasteiger partial charge in [-0.2, -0.15) is 0 Å². The standard InChI is InChI=1S/C11H15N3O2/c12-11(15)9-2-1-3-13-10(9)8-14-4-6-16-7-5-14/h1-3H,4-8H2,(H2,12,15). The van der Waals surface area contributed by atoms with Crippen LogP contribution in [0.4, 0.5) is 0 Å². The first-order chi connectivity index (χ1) is 7.77. The van der Waals surface area contributed by atoms with Gasteiger partial charge in [0.1, 0.15) is 0 Å². The minimum Gasteiger partial charge on any atom is -0.379 e. The van der Waals surface area contributed by atoms with Crippen LogP contribution in [-0.2, 0) is 11.3 Å². The van der Waals surface area contributed by atoms with Crippen LogP contribution in [0.2, 0.25) is 0 Å². The summed E-state index contributed by atoms with van der Waals surface area (Å²) in [5.41, 5.74) is 6.55. The van der Waals surface area contributed by atoms with Crippen LogP contribution in [-0.4, -0.2) is 42.1 Å². The summed E-state index contributed by atoms with van der Waals surface area (Å²) >= 11 is 0. The third-order valence-electron chi connectivity index (χ3n) is 2.63. The van der Waals surface area contributed by atoms with E-state index in [-0.39, 0.29) is 0 Å². The average Bonchev–Trinajstić information content (AvgIpc) is 2.31. The van der Waals surface area contributed by atoms with Crippen LogP contribution in [0, 0.1) is 0 Å². The summed E-state index contributed by atoms with van der Waals surface area (Å²) < 4.78 is 5.26. The quantitative estimate of drug-likeness (QED) is 0.780. The number of morpholine rings is 1. The Morgan fingerprint density at radius 3 is 2.94 bits per heavy atom. The summed E-state index contributed by atoms with van der Waals surface area (Å²) in [5, 5.41) is 0. The minimum atomic E-state index is -0.420. The van der Waals surface area contributed by atoms with E-state index < -0.39 is 5.91 Å². The number of carbonyl (C=O) groups excluding carboxylic acids is 1. The third kappa shape index (κ3) is 2.56. The van der Waals surface area contributed by atoms with Crippen molar-refractivity contribution >= 4 is 5.91 Å². The number of amides is 1. The molecule has 2 heterocycles. The Kier molecular flexibility index (Phi) is 3.48. The lowest BCUT2D eigenvalue weighted by atomic mass is 10.1. The zero-order valence-corrected chi connectivity index (χ0v) is 9.06. The largest absolute Gasteiger partial charge is 0.379 e. The fourth-order valence-electron chi connectivity index (χ4n) is 1.76. The summed E-state index contributed by atoms with van der Waals surface area (Å²) in [6, 6.07) is 3.44. The highest BCUT2D eigenvalue weighted by Crippen LogP contribution is 2.09. The molecular formula is C11H15N3O2. The maximum atomic E-state index is 11.2. The van der Waals surface area contributed by atoms with E-state index in [2.05, 4.69) is 9.88 Å². The Balaban J connectivity index is 2.10. The first-order valence-electron chi connectivity index (χ1n) is 5.31. The molecule has 5 nitrogen and oxygen atoms in total. The van der Waals surface area contributed by atoms with E-state index in [1.807, 2.05) is 0 Å². The Morgan fingerprint density at radius 2 is 2.25 bits per heavy atom. The van der Waals surface area contributed by atoms with E-state index >= 15 is 0 Å². The fourth-order valence-corrected chi connectivity index (χ4v) is 1.76. The van der Waals surface area contributed by atoms with Gasteiger partial charge in [0.15, 0.2) is 0 Å². The third-order valence-corrected chi connectivity index (χ3v) is 2.63. The van der Waals surface area contributed by atoms with Crippen molar-refractivity contribution in [2.45, 2.75) is 6.54 Å². The summed E-state index contributed by atoms with van der Waals surface area (Å²) in [7, 11) is 0.